The first kappa shape index (κ1) is 31.0. The molecule has 0 fully saturated rings. The molecule has 1 aliphatic heterocycles. The fourth-order valence-corrected chi connectivity index (χ4v) is 6.67. The molecule has 4 aromatic rings. The standard InChI is InChI=1S/C32H43N5O4SSi/c1-31(2,3)36(14-15-41-43(9,10)32(4,5)6)30(38)28-24-19-40-27-18-26(39-8)22(25-11-13-35(7)33-25)17-23(27)29(24)37(34-28)21-12-16-42-20-21/h11-13,16-18,20H,14-15,19H2,1-10H3. The van der Waals surface area contributed by atoms with Crippen LogP contribution in [0.1, 0.15) is 57.6 Å². The van der Waals surface area contributed by atoms with E-state index in [0.717, 1.165) is 33.8 Å². The predicted molar refractivity (Wildman–Crippen MR) is 174 cm³/mol. The van der Waals surface area contributed by atoms with Gasteiger partial charge in [-0.25, -0.2) is 4.68 Å². The number of methoxy groups -OCH3 is 1. The largest absolute Gasteiger partial charge is 0.496 e. The summed E-state index contributed by atoms with van der Waals surface area (Å²) in [7, 11) is 1.56. The second kappa shape index (κ2) is 11.3. The molecule has 9 nitrogen and oxygen atoms in total. The van der Waals surface area contributed by atoms with Gasteiger partial charge < -0.3 is 18.8 Å². The van der Waals surface area contributed by atoms with Crippen molar-refractivity contribution in [2.24, 2.45) is 7.05 Å². The van der Waals surface area contributed by atoms with Gasteiger partial charge in [-0.05, 0) is 62.5 Å². The quantitative estimate of drug-likeness (QED) is 0.194. The van der Waals surface area contributed by atoms with E-state index in [2.05, 4.69) is 59.7 Å². The molecule has 43 heavy (non-hydrogen) atoms. The first-order valence-corrected chi connectivity index (χ1v) is 18.4. The van der Waals surface area contributed by atoms with E-state index in [-0.39, 0.29) is 17.6 Å². The van der Waals surface area contributed by atoms with Gasteiger partial charge in [0.2, 0.25) is 0 Å². The number of ether oxygens (including phenoxy) is 2. The van der Waals surface area contributed by atoms with Gasteiger partial charge in [0.25, 0.3) is 5.91 Å². The molecule has 1 aliphatic rings. The van der Waals surface area contributed by atoms with Crippen molar-refractivity contribution in [3.05, 3.63) is 52.5 Å². The number of carbonyl (C=O) groups is 1. The lowest BCUT2D eigenvalue weighted by Gasteiger charge is -2.39. The van der Waals surface area contributed by atoms with E-state index in [1.807, 2.05) is 57.9 Å². The van der Waals surface area contributed by atoms with E-state index in [1.165, 1.54) is 0 Å². The maximum absolute atomic E-state index is 14.4. The number of amides is 1. The number of fused-ring (bicyclic) bond motifs is 3. The van der Waals surface area contributed by atoms with Gasteiger partial charge in [0.1, 0.15) is 18.1 Å². The number of hydrogen-bond acceptors (Lipinski definition) is 7. The number of aryl methyl sites for hydroxylation is 1. The molecule has 0 unspecified atom stereocenters. The monoisotopic (exact) mass is 621 g/mol. The second-order valence-electron chi connectivity index (χ2n) is 13.5. The highest BCUT2D eigenvalue weighted by molar-refractivity contribution is 7.08. The molecule has 1 amide bonds. The number of carbonyl (C=O) groups excluding carboxylic acids is 1. The molecule has 230 valence electrons. The molecule has 0 saturated heterocycles. The minimum Gasteiger partial charge on any atom is -0.496 e. The average molecular weight is 622 g/mol. The Kier molecular flexibility index (Phi) is 8.12. The van der Waals surface area contributed by atoms with Crippen molar-refractivity contribution in [3.63, 3.8) is 0 Å². The Morgan fingerprint density at radius 3 is 2.44 bits per heavy atom. The number of benzene rings is 1. The maximum Gasteiger partial charge on any atom is 0.275 e. The zero-order valence-electron chi connectivity index (χ0n) is 26.9. The van der Waals surface area contributed by atoms with Crippen molar-refractivity contribution in [2.45, 2.75) is 71.8 Å². The van der Waals surface area contributed by atoms with E-state index in [1.54, 1.807) is 23.1 Å². The Morgan fingerprint density at radius 2 is 1.86 bits per heavy atom. The minimum absolute atomic E-state index is 0.0868. The Hall–Kier alpha value is -3.41. The van der Waals surface area contributed by atoms with Gasteiger partial charge >= 0.3 is 0 Å². The first-order chi connectivity index (χ1) is 20.1. The second-order valence-corrected chi connectivity index (χ2v) is 19.1. The highest BCUT2D eigenvalue weighted by atomic mass is 32.1. The van der Waals surface area contributed by atoms with Crippen molar-refractivity contribution in [3.8, 4) is 39.7 Å². The van der Waals surface area contributed by atoms with Crippen molar-refractivity contribution in [2.75, 3.05) is 20.3 Å². The molecule has 0 spiro atoms. The summed E-state index contributed by atoms with van der Waals surface area (Å²) in [6.07, 6.45) is 1.90. The summed E-state index contributed by atoms with van der Waals surface area (Å²) in [6, 6.07) is 7.89. The summed E-state index contributed by atoms with van der Waals surface area (Å²) in [5.41, 5.74) is 4.91. The van der Waals surface area contributed by atoms with Crippen molar-refractivity contribution >= 4 is 25.6 Å². The molecule has 0 saturated carbocycles. The third kappa shape index (κ3) is 5.90. The smallest absolute Gasteiger partial charge is 0.275 e. The van der Waals surface area contributed by atoms with Gasteiger partial charge in [-0.15, -0.1) is 0 Å². The van der Waals surface area contributed by atoms with Crippen LogP contribution in [0.3, 0.4) is 0 Å². The molecule has 0 atom stereocenters. The lowest BCUT2D eigenvalue weighted by molar-refractivity contribution is 0.0524. The van der Waals surface area contributed by atoms with Crippen molar-refractivity contribution in [1.82, 2.24) is 24.5 Å². The third-order valence-electron chi connectivity index (χ3n) is 8.49. The van der Waals surface area contributed by atoms with Crippen LogP contribution in [0.15, 0.2) is 41.2 Å². The van der Waals surface area contributed by atoms with Gasteiger partial charge in [0, 0.05) is 53.5 Å². The third-order valence-corrected chi connectivity index (χ3v) is 13.7. The van der Waals surface area contributed by atoms with Crippen molar-refractivity contribution in [1.29, 1.82) is 0 Å². The molecule has 0 bridgehead atoms. The lowest BCUT2D eigenvalue weighted by atomic mass is 9.97. The van der Waals surface area contributed by atoms with Crippen LogP contribution in [0, 0.1) is 0 Å². The van der Waals surface area contributed by atoms with Crippen LogP contribution in [0.2, 0.25) is 18.1 Å². The normalized spacial score (nSPS) is 13.3. The van der Waals surface area contributed by atoms with Crippen LogP contribution in [-0.2, 0) is 18.1 Å². The zero-order chi connectivity index (χ0) is 31.3. The van der Waals surface area contributed by atoms with Gasteiger partial charge in [-0.3, -0.25) is 9.48 Å². The Morgan fingerprint density at radius 1 is 1.12 bits per heavy atom. The molecule has 5 rings (SSSR count). The first-order valence-electron chi connectivity index (χ1n) is 14.6. The predicted octanol–water partition coefficient (Wildman–Crippen LogP) is 7.16. The average Bonchev–Trinajstić information content (AvgIpc) is 3.68. The summed E-state index contributed by atoms with van der Waals surface area (Å²) in [5, 5.41) is 13.7. The number of rotatable bonds is 8. The maximum atomic E-state index is 14.4. The fourth-order valence-electron chi connectivity index (χ4n) is 5.02. The summed E-state index contributed by atoms with van der Waals surface area (Å²) >= 11 is 1.59. The number of nitrogens with zero attached hydrogens (tertiary/aromatic N) is 5. The fraction of sp³-hybridized carbons (Fsp3) is 0.469. The Bertz CT molecular complexity index is 1630. The molecule has 0 aliphatic carbocycles. The molecule has 0 radical (unpaired) electrons. The topological polar surface area (TPSA) is 83.6 Å². The summed E-state index contributed by atoms with van der Waals surface area (Å²) in [4.78, 5) is 16.3. The molecule has 11 heteroatoms. The van der Waals surface area contributed by atoms with Crippen LogP contribution >= 0.6 is 11.3 Å². The Balaban J connectivity index is 1.60. The van der Waals surface area contributed by atoms with Crippen LogP contribution in [0.4, 0.5) is 0 Å². The van der Waals surface area contributed by atoms with Crippen LogP contribution in [-0.4, -0.2) is 64.5 Å². The van der Waals surface area contributed by atoms with E-state index >= 15 is 0 Å². The summed E-state index contributed by atoms with van der Waals surface area (Å²) in [6.45, 7) is 18.5. The highest BCUT2D eigenvalue weighted by Crippen LogP contribution is 2.46. The summed E-state index contributed by atoms with van der Waals surface area (Å²) in [5.74, 6) is 1.20. The van der Waals surface area contributed by atoms with E-state index in [4.69, 9.17) is 19.0 Å². The van der Waals surface area contributed by atoms with E-state index in [9.17, 15) is 4.79 Å². The number of aromatic nitrogens is 4. The van der Waals surface area contributed by atoms with Gasteiger partial charge in [0.15, 0.2) is 14.0 Å². The Labute approximate surface area is 259 Å². The number of thiophene rings is 1. The molecular formula is C32H43N5O4SSi. The van der Waals surface area contributed by atoms with Crippen LogP contribution in [0.5, 0.6) is 11.5 Å². The van der Waals surface area contributed by atoms with Crippen LogP contribution < -0.4 is 9.47 Å². The lowest BCUT2D eigenvalue weighted by Crippen LogP contribution is -2.49. The summed E-state index contributed by atoms with van der Waals surface area (Å²) < 4.78 is 22.2. The van der Waals surface area contributed by atoms with E-state index in [0.29, 0.717) is 30.3 Å². The van der Waals surface area contributed by atoms with Gasteiger partial charge in [0.05, 0.1) is 30.8 Å². The highest BCUT2D eigenvalue weighted by Gasteiger charge is 2.39. The van der Waals surface area contributed by atoms with Crippen molar-refractivity contribution < 1.29 is 18.7 Å². The molecule has 4 heterocycles. The number of hydrogen-bond donors (Lipinski definition) is 0. The molecule has 3 aromatic heterocycles. The SMILES string of the molecule is COc1cc2c(cc1-c1ccn(C)n1)-c1c(c(C(=O)N(CCO[Si](C)(C)C(C)(C)C)C(C)(C)C)nn1-c1ccsc1)CO2. The molecular weight excluding hydrogens is 579 g/mol. The minimum atomic E-state index is -1.97. The van der Waals surface area contributed by atoms with Gasteiger partial charge in [-0.1, -0.05) is 20.8 Å². The van der Waals surface area contributed by atoms with Gasteiger partial charge in [-0.2, -0.15) is 21.5 Å². The zero-order valence-corrected chi connectivity index (χ0v) is 28.8. The molecule has 0 N–H and O–H groups in total. The van der Waals surface area contributed by atoms with Crippen LogP contribution in [0.25, 0.3) is 28.2 Å². The molecule has 1 aromatic carbocycles. The van der Waals surface area contributed by atoms with E-state index < -0.39 is 13.9 Å².